The lowest BCUT2D eigenvalue weighted by Crippen LogP contribution is -2.19. The molecule has 2 heterocycles. The van der Waals surface area contributed by atoms with E-state index in [1.54, 1.807) is 6.21 Å². The van der Waals surface area contributed by atoms with Crippen LogP contribution in [0.15, 0.2) is 29.0 Å². The van der Waals surface area contributed by atoms with E-state index in [1.165, 1.54) is 0 Å². The molecule has 1 amide bonds. The smallest absolute Gasteiger partial charge is 0.258 e. The average molecular weight is 148 g/mol. The zero-order valence-electron chi connectivity index (χ0n) is 6.19. The highest BCUT2D eigenvalue weighted by molar-refractivity contribution is 5.97. The van der Waals surface area contributed by atoms with E-state index in [1.807, 2.05) is 30.3 Å². The van der Waals surface area contributed by atoms with Gasteiger partial charge in [-0.3, -0.25) is 4.79 Å². The second kappa shape index (κ2) is 2.05. The van der Waals surface area contributed by atoms with Gasteiger partial charge in [0.2, 0.25) is 0 Å². The van der Waals surface area contributed by atoms with Gasteiger partial charge in [0, 0.05) is 25.2 Å². The van der Waals surface area contributed by atoms with Crippen molar-refractivity contribution >= 4 is 12.1 Å². The molecule has 0 aromatic heterocycles. The zero-order valence-corrected chi connectivity index (χ0v) is 6.19. The molecule has 0 saturated carbocycles. The fourth-order valence-corrected chi connectivity index (χ4v) is 1.32. The van der Waals surface area contributed by atoms with Crippen LogP contribution in [-0.4, -0.2) is 24.1 Å². The van der Waals surface area contributed by atoms with E-state index in [9.17, 15) is 4.79 Å². The van der Waals surface area contributed by atoms with Crippen LogP contribution in [0.1, 0.15) is 0 Å². The predicted molar refractivity (Wildman–Crippen MR) is 42.0 cm³/mol. The Morgan fingerprint density at radius 1 is 1.64 bits per heavy atom. The quantitative estimate of drug-likeness (QED) is 0.502. The number of allylic oxidation sites excluding steroid dienone is 1. The molecule has 0 saturated heterocycles. The van der Waals surface area contributed by atoms with E-state index in [0.29, 0.717) is 0 Å². The highest BCUT2D eigenvalue weighted by Gasteiger charge is 2.27. The number of nitrogens with zero attached hydrogens (tertiary/aromatic N) is 2. The third-order valence-corrected chi connectivity index (χ3v) is 1.94. The van der Waals surface area contributed by atoms with Crippen LogP contribution in [-0.2, 0) is 4.79 Å². The predicted octanol–water partition coefficient (Wildman–Crippen LogP) is 0.557. The second-order valence-corrected chi connectivity index (χ2v) is 2.64. The molecule has 0 aliphatic carbocycles. The normalized spacial score (nSPS) is 27.4. The first-order valence-corrected chi connectivity index (χ1v) is 3.48. The van der Waals surface area contributed by atoms with Crippen LogP contribution in [0.4, 0.5) is 0 Å². The summed E-state index contributed by atoms with van der Waals surface area (Å²) in [6, 6.07) is 0. The van der Waals surface area contributed by atoms with Crippen molar-refractivity contribution in [3.05, 3.63) is 24.0 Å². The van der Waals surface area contributed by atoms with E-state index >= 15 is 0 Å². The highest BCUT2D eigenvalue weighted by atomic mass is 16.1. The molecule has 0 fully saturated rings. The van der Waals surface area contributed by atoms with E-state index in [2.05, 4.69) is 4.99 Å². The van der Waals surface area contributed by atoms with Crippen molar-refractivity contribution in [1.82, 2.24) is 4.90 Å². The zero-order chi connectivity index (χ0) is 7.84. The standard InChI is InChI=1S/C8H8N2O/c1-10-5-3-6-7(10)2-4-9-8(6)11/h2-6H,1H3. The van der Waals surface area contributed by atoms with Gasteiger partial charge in [0.05, 0.1) is 0 Å². The molecule has 2 aliphatic heterocycles. The largest absolute Gasteiger partial charge is 0.354 e. The topological polar surface area (TPSA) is 32.7 Å². The molecule has 0 spiro atoms. The highest BCUT2D eigenvalue weighted by Crippen LogP contribution is 2.25. The summed E-state index contributed by atoms with van der Waals surface area (Å²) >= 11 is 0. The summed E-state index contributed by atoms with van der Waals surface area (Å²) in [5.41, 5.74) is 1.02. The minimum absolute atomic E-state index is 0.0666. The summed E-state index contributed by atoms with van der Waals surface area (Å²) in [6.07, 6.45) is 7.18. The van der Waals surface area contributed by atoms with E-state index in [-0.39, 0.29) is 11.8 Å². The molecule has 1 atom stereocenters. The molecule has 1 unspecified atom stereocenters. The summed E-state index contributed by atoms with van der Waals surface area (Å²) in [4.78, 5) is 16.7. The van der Waals surface area contributed by atoms with Gasteiger partial charge in [-0.1, -0.05) is 0 Å². The van der Waals surface area contributed by atoms with Gasteiger partial charge < -0.3 is 4.90 Å². The molecule has 3 heteroatoms. The summed E-state index contributed by atoms with van der Waals surface area (Å²) < 4.78 is 0. The molecule has 11 heavy (non-hydrogen) atoms. The molecule has 0 bridgehead atoms. The maximum Gasteiger partial charge on any atom is 0.258 e. The van der Waals surface area contributed by atoms with Crippen molar-refractivity contribution in [2.75, 3.05) is 7.05 Å². The van der Waals surface area contributed by atoms with Crippen molar-refractivity contribution in [3.8, 4) is 0 Å². The van der Waals surface area contributed by atoms with Crippen LogP contribution in [0, 0.1) is 5.92 Å². The second-order valence-electron chi connectivity index (χ2n) is 2.64. The first-order valence-electron chi connectivity index (χ1n) is 3.48. The Balaban J connectivity index is 2.41. The Bertz CT molecular complexity index is 288. The number of carbonyl (C=O) groups is 1. The van der Waals surface area contributed by atoms with Crippen LogP contribution in [0.3, 0.4) is 0 Å². The fourth-order valence-electron chi connectivity index (χ4n) is 1.32. The van der Waals surface area contributed by atoms with Crippen molar-refractivity contribution in [1.29, 1.82) is 0 Å². The van der Waals surface area contributed by atoms with Gasteiger partial charge in [-0.2, -0.15) is 0 Å². The molecule has 0 aromatic carbocycles. The summed E-state index contributed by atoms with van der Waals surface area (Å²) in [5, 5.41) is 0. The maximum absolute atomic E-state index is 11.1. The summed E-state index contributed by atoms with van der Waals surface area (Å²) in [7, 11) is 1.93. The number of amides is 1. The Morgan fingerprint density at radius 2 is 2.45 bits per heavy atom. The van der Waals surface area contributed by atoms with Crippen LogP contribution in [0.25, 0.3) is 0 Å². The monoisotopic (exact) mass is 148 g/mol. The van der Waals surface area contributed by atoms with Crippen molar-refractivity contribution in [2.45, 2.75) is 0 Å². The van der Waals surface area contributed by atoms with E-state index in [0.717, 1.165) is 5.70 Å². The van der Waals surface area contributed by atoms with Crippen LogP contribution in [0.5, 0.6) is 0 Å². The number of dihydropyridines is 1. The lowest BCUT2D eigenvalue weighted by atomic mass is 10.1. The first-order chi connectivity index (χ1) is 5.29. The Hall–Kier alpha value is -1.38. The molecule has 0 N–H and O–H groups in total. The van der Waals surface area contributed by atoms with Gasteiger partial charge in [0.25, 0.3) is 5.91 Å². The third-order valence-electron chi connectivity index (χ3n) is 1.94. The van der Waals surface area contributed by atoms with Crippen molar-refractivity contribution < 1.29 is 4.79 Å². The number of rotatable bonds is 0. The maximum atomic E-state index is 11.1. The van der Waals surface area contributed by atoms with Crippen LogP contribution < -0.4 is 0 Å². The molecule has 3 nitrogen and oxygen atoms in total. The molecule has 0 aromatic rings. The van der Waals surface area contributed by atoms with Crippen molar-refractivity contribution in [3.63, 3.8) is 0 Å². The van der Waals surface area contributed by atoms with Gasteiger partial charge in [0.15, 0.2) is 0 Å². The molecular weight excluding hydrogens is 140 g/mol. The van der Waals surface area contributed by atoms with Gasteiger partial charge in [-0.05, 0) is 12.2 Å². The average Bonchev–Trinajstić information content (AvgIpc) is 2.35. The summed E-state index contributed by atoms with van der Waals surface area (Å²) in [5.74, 6) is -0.187. The van der Waals surface area contributed by atoms with Crippen LogP contribution >= 0.6 is 0 Å². The number of aliphatic imine (C=N–C) groups is 1. The minimum Gasteiger partial charge on any atom is -0.354 e. The Labute approximate surface area is 64.7 Å². The number of hydrogen-bond acceptors (Lipinski definition) is 2. The van der Waals surface area contributed by atoms with E-state index < -0.39 is 0 Å². The van der Waals surface area contributed by atoms with Gasteiger partial charge in [-0.15, -0.1) is 0 Å². The number of fused-ring (bicyclic) bond motifs is 1. The third kappa shape index (κ3) is 0.808. The van der Waals surface area contributed by atoms with Gasteiger partial charge in [-0.25, -0.2) is 4.99 Å². The van der Waals surface area contributed by atoms with Gasteiger partial charge in [0.1, 0.15) is 5.92 Å². The molecule has 2 aliphatic rings. The fraction of sp³-hybridized carbons (Fsp3) is 0.250. The summed E-state index contributed by atoms with van der Waals surface area (Å²) in [6.45, 7) is 0. The first kappa shape index (κ1) is 6.34. The van der Waals surface area contributed by atoms with Crippen molar-refractivity contribution in [2.24, 2.45) is 10.9 Å². The molecule has 56 valence electrons. The number of hydrogen-bond donors (Lipinski definition) is 0. The molecular formula is C8H8N2O. The lowest BCUT2D eigenvalue weighted by molar-refractivity contribution is -0.119. The lowest BCUT2D eigenvalue weighted by Gasteiger charge is -2.16. The van der Waals surface area contributed by atoms with Gasteiger partial charge >= 0.3 is 0 Å². The Kier molecular flexibility index (Phi) is 1.18. The molecule has 2 rings (SSSR count). The van der Waals surface area contributed by atoms with E-state index in [4.69, 9.17) is 0 Å². The number of carbonyl (C=O) groups excluding carboxylic acids is 1. The Morgan fingerprint density at radius 3 is 3.18 bits per heavy atom. The SMILES string of the molecule is CN1C=CC2C(=O)N=CC=C21. The molecule has 0 radical (unpaired) electrons. The van der Waals surface area contributed by atoms with Crippen LogP contribution in [0.2, 0.25) is 0 Å². The minimum atomic E-state index is -0.120.